The molecular formula is C17H16N2O4. The van der Waals surface area contributed by atoms with Gasteiger partial charge in [-0.05, 0) is 36.4 Å². The molecule has 0 spiro atoms. The molecular weight excluding hydrogens is 296 g/mol. The summed E-state index contributed by atoms with van der Waals surface area (Å²) in [5, 5.41) is 5.35. The van der Waals surface area contributed by atoms with Gasteiger partial charge in [0, 0.05) is 25.2 Å². The normalized spacial score (nSPS) is 9.83. The Labute approximate surface area is 133 Å². The van der Waals surface area contributed by atoms with Crippen LogP contribution in [0.4, 0.5) is 11.4 Å². The number of anilines is 2. The van der Waals surface area contributed by atoms with Gasteiger partial charge in [0.25, 0.3) is 5.91 Å². The fourth-order valence-electron chi connectivity index (χ4n) is 1.94. The quantitative estimate of drug-likeness (QED) is 0.671. The molecule has 0 fully saturated rings. The van der Waals surface area contributed by atoms with Crippen molar-refractivity contribution in [1.29, 1.82) is 0 Å². The van der Waals surface area contributed by atoms with E-state index < -0.39 is 11.9 Å². The summed E-state index contributed by atoms with van der Waals surface area (Å²) in [6.07, 6.45) is 0. The molecule has 0 aromatic heterocycles. The summed E-state index contributed by atoms with van der Waals surface area (Å²) >= 11 is 0. The van der Waals surface area contributed by atoms with Gasteiger partial charge in [-0.3, -0.25) is 14.4 Å². The number of hydrogen-bond acceptors (Lipinski definition) is 4. The average molecular weight is 312 g/mol. The fraction of sp³-hybridized carbons (Fsp3) is 0.118. The number of carbonyl (C=O) groups excluding carboxylic acids is 3. The van der Waals surface area contributed by atoms with Crippen molar-refractivity contribution in [3.05, 3.63) is 54.1 Å². The molecule has 6 nitrogen and oxygen atoms in total. The summed E-state index contributed by atoms with van der Waals surface area (Å²) in [6, 6.07) is 13.2. The van der Waals surface area contributed by atoms with Crippen LogP contribution in [0.15, 0.2) is 48.5 Å². The van der Waals surface area contributed by atoms with Gasteiger partial charge in [-0.15, -0.1) is 0 Å². The van der Waals surface area contributed by atoms with Gasteiger partial charge in [-0.25, -0.2) is 0 Å². The molecule has 23 heavy (non-hydrogen) atoms. The maximum atomic E-state index is 12.3. The Morgan fingerprint density at radius 3 is 1.96 bits per heavy atom. The van der Waals surface area contributed by atoms with Crippen LogP contribution in [-0.2, 0) is 9.59 Å². The zero-order valence-corrected chi connectivity index (χ0v) is 12.8. The molecule has 0 aliphatic rings. The number of benzene rings is 2. The number of nitrogens with one attached hydrogen (secondary N) is 2. The van der Waals surface area contributed by atoms with Crippen molar-refractivity contribution in [3.8, 4) is 5.75 Å². The molecule has 2 aromatic rings. The Balaban J connectivity index is 2.13. The van der Waals surface area contributed by atoms with Crippen molar-refractivity contribution >= 4 is 29.2 Å². The molecule has 0 bridgehead atoms. The molecule has 0 unspecified atom stereocenters. The van der Waals surface area contributed by atoms with Crippen LogP contribution in [0.3, 0.4) is 0 Å². The second-order valence-electron chi connectivity index (χ2n) is 4.80. The lowest BCUT2D eigenvalue weighted by Gasteiger charge is -2.10. The van der Waals surface area contributed by atoms with Crippen LogP contribution in [0.2, 0.25) is 0 Å². The summed E-state index contributed by atoms with van der Waals surface area (Å²) < 4.78 is 5.02. The van der Waals surface area contributed by atoms with E-state index in [9.17, 15) is 14.4 Å². The molecule has 0 heterocycles. The van der Waals surface area contributed by atoms with E-state index in [2.05, 4.69) is 10.6 Å². The lowest BCUT2D eigenvalue weighted by molar-refractivity contribution is -0.131. The van der Waals surface area contributed by atoms with Crippen molar-refractivity contribution in [2.24, 2.45) is 0 Å². The monoisotopic (exact) mass is 312 g/mol. The van der Waals surface area contributed by atoms with E-state index in [1.54, 1.807) is 48.5 Å². The second kappa shape index (κ2) is 7.22. The summed E-state index contributed by atoms with van der Waals surface area (Å²) in [4.78, 5) is 34.4. The highest BCUT2D eigenvalue weighted by molar-refractivity contribution is 6.06. The minimum atomic E-state index is -0.495. The van der Waals surface area contributed by atoms with Crippen LogP contribution >= 0.6 is 0 Å². The van der Waals surface area contributed by atoms with Crippen LogP contribution in [-0.4, -0.2) is 17.8 Å². The topological polar surface area (TPSA) is 84.5 Å². The Morgan fingerprint density at radius 1 is 0.826 bits per heavy atom. The standard InChI is InChI=1S/C17H16N2O4/c1-11(20)18-13-7-9-14(10-8-13)19-17(22)15-5-3-4-6-16(15)23-12(2)21/h3-10H,1-2H3,(H,18,20)(H,19,22). The van der Waals surface area contributed by atoms with Crippen LogP contribution in [0, 0.1) is 0 Å². The summed E-state index contributed by atoms with van der Waals surface area (Å²) in [5.41, 5.74) is 1.45. The van der Waals surface area contributed by atoms with Crippen molar-refractivity contribution in [2.45, 2.75) is 13.8 Å². The Morgan fingerprint density at radius 2 is 1.39 bits per heavy atom. The highest BCUT2D eigenvalue weighted by Gasteiger charge is 2.13. The van der Waals surface area contributed by atoms with Crippen LogP contribution in [0.1, 0.15) is 24.2 Å². The van der Waals surface area contributed by atoms with Gasteiger partial charge in [0.05, 0.1) is 5.56 Å². The number of hydrogen-bond donors (Lipinski definition) is 2. The van der Waals surface area contributed by atoms with Crippen LogP contribution in [0.5, 0.6) is 5.75 Å². The van der Waals surface area contributed by atoms with E-state index in [1.165, 1.54) is 13.8 Å². The lowest BCUT2D eigenvalue weighted by Crippen LogP contribution is -2.15. The highest BCUT2D eigenvalue weighted by Crippen LogP contribution is 2.20. The van der Waals surface area contributed by atoms with Crippen molar-refractivity contribution < 1.29 is 19.1 Å². The predicted molar refractivity (Wildman–Crippen MR) is 86.4 cm³/mol. The first kappa shape index (κ1) is 16.2. The summed E-state index contributed by atoms with van der Waals surface area (Å²) in [7, 11) is 0. The Bertz CT molecular complexity index is 739. The van der Waals surface area contributed by atoms with Crippen molar-refractivity contribution in [1.82, 2.24) is 0 Å². The molecule has 118 valence electrons. The lowest BCUT2D eigenvalue weighted by atomic mass is 10.2. The first-order chi connectivity index (χ1) is 11.0. The van der Waals surface area contributed by atoms with E-state index >= 15 is 0 Å². The van der Waals surface area contributed by atoms with Crippen LogP contribution in [0.25, 0.3) is 0 Å². The third-order valence-electron chi connectivity index (χ3n) is 2.85. The van der Waals surface area contributed by atoms with Crippen molar-refractivity contribution in [2.75, 3.05) is 10.6 Å². The average Bonchev–Trinajstić information content (AvgIpc) is 2.48. The van der Waals surface area contributed by atoms with E-state index in [1.807, 2.05) is 0 Å². The maximum Gasteiger partial charge on any atom is 0.308 e. The van der Waals surface area contributed by atoms with E-state index in [0.29, 0.717) is 11.4 Å². The van der Waals surface area contributed by atoms with Gasteiger partial charge in [-0.1, -0.05) is 12.1 Å². The molecule has 0 atom stereocenters. The highest BCUT2D eigenvalue weighted by atomic mass is 16.5. The molecule has 0 radical (unpaired) electrons. The minimum Gasteiger partial charge on any atom is -0.426 e. The van der Waals surface area contributed by atoms with Gasteiger partial charge in [0.15, 0.2) is 0 Å². The van der Waals surface area contributed by atoms with E-state index in [4.69, 9.17) is 4.74 Å². The van der Waals surface area contributed by atoms with Crippen molar-refractivity contribution in [3.63, 3.8) is 0 Å². The molecule has 0 saturated heterocycles. The zero-order chi connectivity index (χ0) is 16.8. The number of amides is 2. The molecule has 0 aliphatic heterocycles. The smallest absolute Gasteiger partial charge is 0.308 e. The molecule has 2 aromatic carbocycles. The Kier molecular flexibility index (Phi) is 5.09. The molecule has 2 amide bonds. The molecule has 0 saturated carbocycles. The number of carbonyl (C=O) groups is 3. The van der Waals surface area contributed by atoms with Gasteiger partial charge < -0.3 is 15.4 Å². The van der Waals surface area contributed by atoms with Crippen LogP contribution < -0.4 is 15.4 Å². The van der Waals surface area contributed by atoms with Gasteiger partial charge in [0.2, 0.25) is 5.91 Å². The van der Waals surface area contributed by atoms with E-state index in [-0.39, 0.29) is 17.2 Å². The van der Waals surface area contributed by atoms with E-state index in [0.717, 1.165) is 0 Å². The maximum absolute atomic E-state index is 12.3. The van der Waals surface area contributed by atoms with Gasteiger partial charge in [-0.2, -0.15) is 0 Å². The summed E-state index contributed by atoms with van der Waals surface area (Å²) in [5.74, 6) is -0.858. The second-order valence-corrected chi connectivity index (χ2v) is 4.80. The molecule has 6 heteroatoms. The van der Waals surface area contributed by atoms with Gasteiger partial charge >= 0.3 is 5.97 Å². The largest absolute Gasteiger partial charge is 0.426 e. The number of ether oxygens (including phenoxy) is 1. The van der Waals surface area contributed by atoms with Gasteiger partial charge in [0.1, 0.15) is 5.75 Å². The summed E-state index contributed by atoms with van der Waals surface area (Å²) in [6.45, 7) is 2.69. The molecule has 2 rings (SSSR count). The third-order valence-corrected chi connectivity index (χ3v) is 2.85. The fourth-order valence-corrected chi connectivity index (χ4v) is 1.94. The number of esters is 1. The molecule has 0 aliphatic carbocycles. The number of para-hydroxylation sites is 1. The molecule has 2 N–H and O–H groups in total. The first-order valence-corrected chi connectivity index (χ1v) is 6.92. The zero-order valence-electron chi connectivity index (χ0n) is 12.8. The Hall–Kier alpha value is -3.15. The third kappa shape index (κ3) is 4.67. The predicted octanol–water partition coefficient (Wildman–Crippen LogP) is 2.82. The SMILES string of the molecule is CC(=O)Nc1ccc(NC(=O)c2ccccc2OC(C)=O)cc1. The first-order valence-electron chi connectivity index (χ1n) is 6.92. The number of rotatable bonds is 4. The minimum absolute atomic E-state index is 0.169.